The third-order valence-corrected chi connectivity index (χ3v) is 4.75. The molecule has 3 rings (SSSR count). The molecule has 0 bridgehead atoms. The molecule has 0 saturated carbocycles. The van der Waals surface area contributed by atoms with Gasteiger partial charge in [0.05, 0.1) is 19.3 Å². The molecule has 2 fully saturated rings. The van der Waals surface area contributed by atoms with Crippen molar-refractivity contribution in [3.63, 3.8) is 0 Å². The van der Waals surface area contributed by atoms with Crippen LogP contribution < -0.4 is 5.32 Å². The summed E-state index contributed by atoms with van der Waals surface area (Å²) < 4.78 is 16.6. The Balaban J connectivity index is 1.36. The van der Waals surface area contributed by atoms with Gasteiger partial charge in [0, 0.05) is 26.3 Å². The quantitative estimate of drug-likeness (QED) is 0.852. The highest BCUT2D eigenvalue weighted by Crippen LogP contribution is 2.13. The van der Waals surface area contributed by atoms with E-state index in [2.05, 4.69) is 5.32 Å². The summed E-state index contributed by atoms with van der Waals surface area (Å²) in [6.07, 6.45) is 2.01. The summed E-state index contributed by atoms with van der Waals surface area (Å²) in [5, 5.41) is 3.48. The predicted molar refractivity (Wildman–Crippen MR) is 94.4 cm³/mol. The summed E-state index contributed by atoms with van der Waals surface area (Å²) >= 11 is 0. The van der Waals surface area contributed by atoms with E-state index in [0.29, 0.717) is 32.2 Å². The highest BCUT2D eigenvalue weighted by molar-refractivity contribution is 5.67. The normalized spacial score (nSPS) is 21.9. The molecule has 2 aliphatic rings. The number of ether oxygens (including phenoxy) is 3. The number of benzene rings is 1. The molecule has 1 aromatic rings. The monoisotopic (exact) mass is 348 g/mol. The fourth-order valence-electron chi connectivity index (χ4n) is 3.22. The van der Waals surface area contributed by atoms with Crippen molar-refractivity contribution in [2.75, 3.05) is 46.0 Å². The Morgan fingerprint density at radius 3 is 2.76 bits per heavy atom. The minimum atomic E-state index is -0.262. The van der Waals surface area contributed by atoms with Crippen LogP contribution in [-0.2, 0) is 20.8 Å². The second-order valence-corrected chi connectivity index (χ2v) is 6.69. The van der Waals surface area contributed by atoms with Crippen LogP contribution in [0, 0.1) is 5.92 Å². The predicted octanol–water partition coefficient (Wildman–Crippen LogP) is 2.04. The van der Waals surface area contributed by atoms with Gasteiger partial charge in [-0.05, 0) is 30.9 Å². The Morgan fingerprint density at radius 2 is 1.96 bits per heavy atom. The molecule has 1 N–H and O–H groups in total. The van der Waals surface area contributed by atoms with Gasteiger partial charge in [0.25, 0.3) is 0 Å². The molecule has 6 nitrogen and oxygen atoms in total. The second kappa shape index (κ2) is 9.75. The lowest BCUT2D eigenvalue weighted by Gasteiger charge is -2.33. The molecule has 1 aromatic carbocycles. The highest BCUT2D eigenvalue weighted by atomic mass is 16.6. The number of carbonyl (C=O) groups excluding carboxylic acids is 1. The van der Waals surface area contributed by atoms with E-state index in [9.17, 15) is 4.79 Å². The molecule has 6 heteroatoms. The first-order chi connectivity index (χ1) is 12.3. The van der Waals surface area contributed by atoms with Crippen molar-refractivity contribution in [3.05, 3.63) is 35.9 Å². The van der Waals surface area contributed by atoms with E-state index >= 15 is 0 Å². The van der Waals surface area contributed by atoms with E-state index in [-0.39, 0.29) is 12.2 Å². The SMILES string of the molecule is O=C(OCc1ccccc1)N1CCOC(CNCC2CCOCC2)C1. The summed E-state index contributed by atoms with van der Waals surface area (Å²) in [5.41, 5.74) is 0.999. The zero-order valence-corrected chi connectivity index (χ0v) is 14.7. The first kappa shape index (κ1) is 18.2. The number of nitrogens with one attached hydrogen (secondary N) is 1. The zero-order chi connectivity index (χ0) is 17.3. The van der Waals surface area contributed by atoms with E-state index in [1.165, 1.54) is 0 Å². The molecule has 0 radical (unpaired) electrons. The van der Waals surface area contributed by atoms with Crippen molar-refractivity contribution in [1.82, 2.24) is 10.2 Å². The fourth-order valence-corrected chi connectivity index (χ4v) is 3.22. The van der Waals surface area contributed by atoms with Gasteiger partial charge >= 0.3 is 6.09 Å². The van der Waals surface area contributed by atoms with Crippen LogP contribution >= 0.6 is 0 Å². The van der Waals surface area contributed by atoms with Crippen LogP contribution in [0.5, 0.6) is 0 Å². The molecule has 1 unspecified atom stereocenters. The maximum atomic E-state index is 12.3. The van der Waals surface area contributed by atoms with Crippen LogP contribution in [0.2, 0.25) is 0 Å². The van der Waals surface area contributed by atoms with Gasteiger partial charge < -0.3 is 24.4 Å². The van der Waals surface area contributed by atoms with E-state index in [1.54, 1.807) is 4.90 Å². The number of rotatable bonds is 6. The second-order valence-electron chi connectivity index (χ2n) is 6.69. The van der Waals surface area contributed by atoms with Crippen molar-refractivity contribution in [2.24, 2.45) is 5.92 Å². The van der Waals surface area contributed by atoms with Gasteiger partial charge in [-0.2, -0.15) is 0 Å². The van der Waals surface area contributed by atoms with Crippen molar-refractivity contribution in [3.8, 4) is 0 Å². The molecule has 0 aromatic heterocycles. The molecule has 2 heterocycles. The molecule has 25 heavy (non-hydrogen) atoms. The Bertz CT molecular complexity index is 519. The smallest absolute Gasteiger partial charge is 0.410 e. The summed E-state index contributed by atoms with van der Waals surface area (Å²) in [6, 6.07) is 9.74. The number of hydrogen-bond acceptors (Lipinski definition) is 5. The van der Waals surface area contributed by atoms with E-state index in [0.717, 1.165) is 44.7 Å². The Morgan fingerprint density at radius 1 is 1.16 bits per heavy atom. The molecule has 2 saturated heterocycles. The van der Waals surface area contributed by atoms with Gasteiger partial charge in [-0.1, -0.05) is 30.3 Å². The Kier molecular flexibility index (Phi) is 7.09. The van der Waals surface area contributed by atoms with Gasteiger partial charge in [0.2, 0.25) is 0 Å². The highest BCUT2D eigenvalue weighted by Gasteiger charge is 2.25. The standard InChI is InChI=1S/C19H28N2O4/c22-19(25-15-17-4-2-1-3-5-17)21-8-11-24-18(14-21)13-20-12-16-6-9-23-10-7-16/h1-5,16,18,20H,6-15H2. The first-order valence-electron chi connectivity index (χ1n) is 9.17. The lowest BCUT2D eigenvalue weighted by Crippen LogP contribution is -2.49. The maximum Gasteiger partial charge on any atom is 0.410 e. The van der Waals surface area contributed by atoms with Crippen LogP contribution in [0.15, 0.2) is 30.3 Å². The van der Waals surface area contributed by atoms with E-state index < -0.39 is 0 Å². The number of amides is 1. The summed E-state index contributed by atoms with van der Waals surface area (Å²) in [7, 11) is 0. The number of hydrogen-bond donors (Lipinski definition) is 1. The van der Waals surface area contributed by atoms with Crippen molar-refractivity contribution < 1.29 is 19.0 Å². The maximum absolute atomic E-state index is 12.3. The molecular formula is C19H28N2O4. The molecular weight excluding hydrogens is 320 g/mol. The van der Waals surface area contributed by atoms with Gasteiger partial charge in [-0.25, -0.2) is 4.79 Å². The average Bonchev–Trinajstić information content (AvgIpc) is 2.68. The first-order valence-corrected chi connectivity index (χ1v) is 9.17. The van der Waals surface area contributed by atoms with Crippen LogP contribution in [-0.4, -0.2) is 63.1 Å². The topological polar surface area (TPSA) is 60.0 Å². The lowest BCUT2D eigenvalue weighted by atomic mass is 10.0. The minimum absolute atomic E-state index is 0.0258. The number of nitrogens with zero attached hydrogens (tertiary/aromatic N) is 1. The van der Waals surface area contributed by atoms with E-state index in [1.807, 2.05) is 30.3 Å². The lowest BCUT2D eigenvalue weighted by molar-refractivity contribution is -0.0278. The fraction of sp³-hybridized carbons (Fsp3) is 0.632. The van der Waals surface area contributed by atoms with Crippen molar-refractivity contribution in [2.45, 2.75) is 25.6 Å². The van der Waals surface area contributed by atoms with Crippen LogP contribution in [0.25, 0.3) is 0 Å². The zero-order valence-electron chi connectivity index (χ0n) is 14.7. The summed E-state index contributed by atoms with van der Waals surface area (Å²) in [4.78, 5) is 14.0. The van der Waals surface area contributed by atoms with Gasteiger partial charge in [0.1, 0.15) is 6.61 Å². The Hall–Kier alpha value is -1.63. The molecule has 0 aliphatic carbocycles. The molecule has 138 valence electrons. The number of carbonyl (C=O) groups is 1. The van der Waals surface area contributed by atoms with Crippen molar-refractivity contribution in [1.29, 1.82) is 0 Å². The minimum Gasteiger partial charge on any atom is -0.445 e. The van der Waals surface area contributed by atoms with Gasteiger partial charge in [-0.3, -0.25) is 0 Å². The average molecular weight is 348 g/mol. The van der Waals surface area contributed by atoms with Gasteiger partial charge in [-0.15, -0.1) is 0 Å². The third-order valence-electron chi connectivity index (χ3n) is 4.75. The molecule has 1 amide bonds. The van der Waals surface area contributed by atoms with Crippen LogP contribution in [0.1, 0.15) is 18.4 Å². The van der Waals surface area contributed by atoms with Crippen LogP contribution in [0.3, 0.4) is 0 Å². The van der Waals surface area contributed by atoms with Gasteiger partial charge in [0.15, 0.2) is 0 Å². The van der Waals surface area contributed by atoms with Crippen LogP contribution in [0.4, 0.5) is 4.79 Å². The summed E-state index contributed by atoms with van der Waals surface area (Å²) in [6.45, 7) is 5.52. The molecule has 1 atom stereocenters. The molecule has 2 aliphatic heterocycles. The Labute approximate surface area is 149 Å². The number of morpholine rings is 1. The van der Waals surface area contributed by atoms with E-state index in [4.69, 9.17) is 14.2 Å². The summed E-state index contributed by atoms with van der Waals surface area (Å²) in [5.74, 6) is 0.685. The third kappa shape index (κ3) is 5.99. The van der Waals surface area contributed by atoms with Crippen molar-refractivity contribution >= 4 is 6.09 Å². The largest absolute Gasteiger partial charge is 0.445 e. The molecule has 0 spiro atoms.